The van der Waals surface area contributed by atoms with Crippen molar-refractivity contribution in [2.24, 2.45) is 0 Å². The zero-order chi connectivity index (χ0) is 57.7. The number of esters is 12. The maximum absolute atomic E-state index is 12.0. The molecule has 0 radical (unpaired) electrons. The molecule has 0 aliphatic heterocycles. The minimum atomic E-state index is -0.744. The van der Waals surface area contributed by atoms with Crippen LogP contribution in [0.5, 0.6) is 0 Å². The fourth-order valence-electron chi connectivity index (χ4n) is 5.39. The molecule has 0 bridgehead atoms. The van der Waals surface area contributed by atoms with Gasteiger partial charge in [0.1, 0.15) is 72.2 Å². The van der Waals surface area contributed by atoms with Gasteiger partial charge in [-0.3, -0.25) is 57.5 Å². The van der Waals surface area contributed by atoms with E-state index in [1.54, 1.807) is 6.92 Å². The molecule has 0 aromatic carbocycles. The predicted octanol–water partition coefficient (Wildman–Crippen LogP) is 2.86. The second kappa shape index (κ2) is 51.6. The summed E-state index contributed by atoms with van der Waals surface area (Å²) in [7, 11) is 4.47. The zero-order valence-corrected chi connectivity index (χ0v) is 45.2. The summed E-state index contributed by atoms with van der Waals surface area (Å²) in [6.45, 7) is 4.00. The van der Waals surface area contributed by atoms with Gasteiger partial charge < -0.3 is 71.1 Å². The van der Waals surface area contributed by atoms with Crippen molar-refractivity contribution < 1.29 is 129 Å². The Bertz CT molecular complexity index is 1720. The summed E-state index contributed by atoms with van der Waals surface area (Å²) < 4.78 is 73.3. The van der Waals surface area contributed by atoms with Crippen molar-refractivity contribution in [2.45, 2.75) is 136 Å². The van der Waals surface area contributed by atoms with Crippen LogP contribution in [0.2, 0.25) is 0 Å². The molecule has 1 atom stereocenters. The maximum Gasteiger partial charge on any atom is 0.306 e. The highest BCUT2D eigenvalue weighted by atomic mass is 16.6. The quantitative estimate of drug-likeness (QED) is 0.0480. The fraction of sp³-hybridized carbons (Fsp3) is 0.760. The van der Waals surface area contributed by atoms with Gasteiger partial charge >= 0.3 is 71.6 Å². The molecule has 0 rings (SSSR count). The van der Waals surface area contributed by atoms with E-state index in [0.29, 0.717) is 26.1 Å². The fourth-order valence-corrected chi connectivity index (χ4v) is 5.39. The van der Waals surface area contributed by atoms with E-state index < -0.39 is 71.8 Å². The Morgan fingerprint density at radius 1 is 0.260 bits per heavy atom. The first-order valence-corrected chi connectivity index (χ1v) is 25.3. The number of rotatable bonds is 46. The molecule has 0 spiro atoms. The van der Waals surface area contributed by atoms with Crippen molar-refractivity contribution in [3.63, 3.8) is 0 Å². The van der Waals surface area contributed by atoms with Crippen LogP contribution in [0.15, 0.2) is 0 Å². The summed E-state index contributed by atoms with van der Waals surface area (Å²) in [4.78, 5) is 139. The molecule has 0 amide bonds. The van der Waals surface area contributed by atoms with Crippen LogP contribution in [-0.2, 0) is 129 Å². The molecule has 27 nitrogen and oxygen atoms in total. The molecule has 0 heterocycles. The maximum atomic E-state index is 12.0. The van der Waals surface area contributed by atoms with Crippen molar-refractivity contribution in [1.82, 2.24) is 0 Å². The van der Waals surface area contributed by atoms with Crippen LogP contribution >= 0.6 is 0 Å². The minimum absolute atomic E-state index is 0.00857. The van der Waals surface area contributed by atoms with Gasteiger partial charge in [-0.25, -0.2) is 0 Å². The van der Waals surface area contributed by atoms with Crippen molar-refractivity contribution in [3.05, 3.63) is 0 Å². The van der Waals surface area contributed by atoms with Gasteiger partial charge in [-0.05, 0) is 52.4 Å². The zero-order valence-electron chi connectivity index (χ0n) is 45.2. The Kier molecular flexibility index (Phi) is 48.7. The van der Waals surface area contributed by atoms with Crippen LogP contribution in [0.1, 0.15) is 129 Å². The van der Waals surface area contributed by atoms with Crippen LogP contribution in [-0.4, -0.2) is 192 Å². The molecular weight excluding hydrogens is 1030 g/mol. The van der Waals surface area contributed by atoms with Crippen molar-refractivity contribution >= 4 is 71.6 Å². The van der Waals surface area contributed by atoms with Crippen molar-refractivity contribution in [2.75, 3.05) is 114 Å². The lowest BCUT2D eigenvalue weighted by Crippen LogP contribution is -2.22. The molecule has 0 aliphatic rings. The highest BCUT2D eigenvalue weighted by molar-refractivity contribution is 5.76. The number of methoxy groups -OCH3 is 3. The van der Waals surface area contributed by atoms with Gasteiger partial charge in [0, 0.05) is 98.4 Å². The van der Waals surface area contributed by atoms with Gasteiger partial charge in [-0.2, -0.15) is 0 Å². The molecule has 0 aliphatic carbocycles. The van der Waals surface area contributed by atoms with E-state index in [-0.39, 0.29) is 188 Å². The smallest absolute Gasteiger partial charge is 0.306 e. The summed E-state index contributed by atoms with van der Waals surface area (Å²) in [5.74, 6) is -6.05. The van der Waals surface area contributed by atoms with Crippen LogP contribution in [0.25, 0.3) is 0 Å². The molecule has 442 valence electrons. The standard InChI is InChI=1S/C33H52O18.C17H28O9/c1-25(51-33(41)15-7-13-31(39)49-23-22-47-29(37)11-5-9-27(35)45-19-17-43-3)24-50-32(40)14-6-12-30(38)48-21-20-46-28(36)10-4-8-26(34)44-18-16-42-2;1-3-23-14(18)6-4-7-16(20)25-12-13-26-17(21)9-5-8-15(19)24-11-10-22-2/h25H,4-24H2,1-3H3;3-13H2,1-2H3. The highest BCUT2D eigenvalue weighted by Gasteiger charge is 2.16. The van der Waals surface area contributed by atoms with Gasteiger partial charge in [0.15, 0.2) is 0 Å². The molecule has 0 N–H and O–H groups in total. The van der Waals surface area contributed by atoms with Crippen LogP contribution < -0.4 is 0 Å². The monoisotopic (exact) mass is 1110 g/mol. The second-order valence-corrected chi connectivity index (χ2v) is 15.9. The summed E-state index contributed by atoms with van der Waals surface area (Å²) in [5.41, 5.74) is 0. The topological polar surface area (TPSA) is 343 Å². The third-order valence-electron chi connectivity index (χ3n) is 9.17. The number of ether oxygens (including phenoxy) is 15. The number of carbonyl (C=O) groups is 12. The molecule has 27 heteroatoms. The van der Waals surface area contributed by atoms with E-state index in [2.05, 4.69) is 0 Å². The molecular formula is C50H80O27. The van der Waals surface area contributed by atoms with E-state index in [1.165, 1.54) is 28.3 Å². The van der Waals surface area contributed by atoms with Crippen LogP contribution in [0.3, 0.4) is 0 Å². The first-order valence-electron chi connectivity index (χ1n) is 25.3. The van der Waals surface area contributed by atoms with E-state index in [1.807, 2.05) is 0 Å². The van der Waals surface area contributed by atoms with Gasteiger partial charge in [-0.15, -0.1) is 0 Å². The molecule has 1 unspecified atom stereocenters. The van der Waals surface area contributed by atoms with Gasteiger partial charge in [0.05, 0.1) is 26.4 Å². The van der Waals surface area contributed by atoms with E-state index in [9.17, 15) is 57.5 Å². The summed E-state index contributed by atoms with van der Waals surface area (Å²) in [6.07, 6.45) is 1.03. The lowest BCUT2D eigenvalue weighted by Gasteiger charge is -2.13. The average molecular weight is 1110 g/mol. The van der Waals surface area contributed by atoms with Gasteiger partial charge in [0.25, 0.3) is 0 Å². The van der Waals surface area contributed by atoms with E-state index in [0.717, 1.165) is 0 Å². The first kappa shape index (κ1) is 72.6. The van der Waals surface area contributed by atoms with E-state index in [4.69, 9.17) is 71.1 Å². The molecule has 0 saturated carbocycles. The Hall–Kier alpha value is -6.48. The summed E-state index contributed by atoms with van der Waals surface area (Å²) in [5, 5.41) is 0. The number of hydrogen-bond acceptors (Lipinski definition) is 27. The SMILES string of the molecule is CCOC(=O)CCCC(=O)OCCOC(=O)CCCC(=O)OCCOC.COCCOC(=O)CCCC(=O)OCCOC(=O)CCCC(=O)OCC(C)OC(=O)CCCC(=O)OCCOC(=O)CCCC(=O)OCCOC. The van der Waals surface area contributed by atoms with Crippen molar-refractivity contribution in [1.29, 1.82) is 0 Å². The normalized spacial score (nSPS) is 10.7. The average Bonchev–Trinajstić information content (AvgIpc) is 3.37. The predicted molar refractivity (Wildman–Crippen MR) is 261 cm³/mol. The molecule has 0 aromatic rings. The lowest BCUT2D eigenvalue weighted by atomic mass is 10.2. The first-order chi connectivity index (χ1) is 36.9. The Labute approximate surface area is 448 Å². The number of carbonyl (C=O) groups excluding carboxylic acids is 12. The Balaban J connectivity index is 0. The molecule has 0 aromatic heterocycles. The van der Waals surface area contributed by atoms with Gasteiger partial charge in [0.2, 0.25) is 0 Å². The van der Waals surface area contributed by atoms with Crippen molar-refractivity contribution in [3.8, 4) is 0 Å². The third kappa shape index (κ3) is 52.7. The summed E-state index contributed by atoms with van der Waals surface area (Å²) >= 11 is 0. The highest BCUT2D eigenvalue weighted by Crippen LogP contribution is 2.07. The van der Waals surface area contributed by atoms with Gasteiger partial charge in [-0.1, -0.05) is 0 Å². The Morgan fingerprint density at radius 2 is 0.442 bits per heavy atom. The third-order valence-corrected chi connectivity index (χ3v) is 9.17. The molecule has 77 heavy (non-hydrogen) atoms. The lowest BCUT2D eigenvalue weighted by molar-refractivity contribution is -0.158. The summed E-state index contributed by atoms with van der Waals surface area (Å²) in [6, 6.07) is 0. The minimum Gasteiger partial charge on any atom is -0.466 e. The Morgan fingerprint density at radius 3 is 0.649 bits per heavy atom. The largest absolute Gasteiger partial charge is 0.466 e. The number of hydrogen-bond donors (Lipinski definition) is 0. The molecule has 0 fully saturated rings. The van der Waals surface area contributed by atoms with Crippen LogP contribution in [0, 0.1) is 0 Å². The second-order valence-electron chi connectivity index (χ2n) is 15.9. The van der Waals surface area contributed by atoms with E-state index >= 15 is 0 Å². The molecule has 0 saturated heterocycles. The van der Waals surface area contributed by atoms with Crippen LogP contribution in [0.4, 0.5) is 0 Å².